The summed E-state index contributed by atoms with van der Waals surface area (Å²) in [5, 5.41) is 7.09. The summed E-state index contributed by atoms with van der Waals surface area (Å²) in [6.07, 6.45) is 7.70. The Hall–Kier alpha value is -1.37. The molecule has 0 bridgehead atoms. The van der Waals surface area contributed by atoms with Crippen molar-refractivity contribution in [1.29, 1.82) is 0 Å². The lowest BCUT2D eigenvalue weighted by Gasteiger charge is -2.18. The van der Waals surface area contributed by atoms with Gasteiger partial charge in [-0.2, -0.15) is 0 Å². The lowest BCUT2D eigenvalue weighted by Crippen LogP contribution is -2.33. The van der Waals surface area contributed by atoms with Crippen LogP contribution in [0.5, 0.6) is 0 Å². The molecule has 0 aromatic carbocycles. The molecule has 1 aromatic rings. The molecule has 2 unspecified atom stereocenters. The number of aromatic nitrogens is 1. The van der Waals surface area contributed by atoms with E-state index in [2.05, 4.69) is 40.4 Å². The Kier molecular flexibility index (Phi) is 6.56. The second-order valence-corrected chi connectivity index (χ2v) is 5.30. The molecular weight excluding hydrogens is 246 g/mol. The highest BCUT2D eigenvalue weighted by Crippen LogP contribution is 2.12. The lowest BCUT2D eigenvalue weighted by molar-refractivity contribution is 0.504. The van der Waals surface area contributed by atoms with Crippen LogP contribution in [0.25, 0.3) is 0 Å². The van der Waals surface area contributed by atoms with Crippen molar-refractivity contribution in [2.24, 2.45) is 0 Å². The average Bonchev–Trinajstić information content (AvgIpc) is 2.74. The van der Waals surface area contributed by atoms with Gasteiger partial charge in [0.25, 0.3) is 0 Å². The molecule has 3 nitrogen and oxygen atoms in total. The van der Waals surface area contributed by atoms with Gasteiger partial charge in [0.2, 0.25) is 0 Å². The van der Waals surface area contributed by atoms with Gasteiger partial charge in [-0.05, 0) is 31.5 Å². The van der Waals surface area contributed by atoms with Gasteiger partial charge in [-0.1, -0.05) is 31.8 Å². The van der Waals surface area contributed by atoms with Crippen LogP contribution in [0, 0.1) is 11.8 Å². The zero-order chi connectivity index (χ0) is 14.0. The Bertz CT molecular complexity index is 433. The molecule has 1 fully saturated rings. The molecule has 2 N–H and O–H groups in total. The molecule has 0 amide bonds. The molecule has 108 valence electrons. The SMILES string of the molecule is CCCCCC#CC1CCNCC(c2ccccn2)N1. The van der Waals surface area contributed by atoms with Crippen LogP contribution in [0.1, 0.15) is 50.8 Å². The van der Waals surface area contributed by atoms with Gasteiger partial charge < -0.3 is 5.32 Å². The molecule has 1 aromatic heterocycles. The average molecular weight is 271 g/mol. The lowest BCUT2D eigenvalue weighted by atomic mass is 10.1. The van der Waals surface area contributed by atoms with Gasteiger partial charge in [-0.15, -0.1) is 5.92 Å². The zero-order valence-corrected chi connectivity index (χ0v) is 12.4. The minimum Gasteiger partial charge on any atom is -0.315 e. The van der Waals surface area contributed by atoms with Crippen molar-refractivity contribution < 1.29 is 0 Å². The Labute approximate surface area is 122 Å². The zero-order valence-electron chi connectivity index (χ0n) is 12.4. The number of hydrogen-bond acceptors (Lipinski definition) is 3. The topological polar surface area (TPSA) is 37.0 Å². The molecule has 0 spiro atoms. The first-order chi connectivity index (χ1) is 9.90. The summed E-state index contributed by atoms with van der Waals surface area (Å²) in [7, 11) is 0. The van der Waals surface area contributed by atoms with Crippen molar-refractivity contribution in [3.63, 3.8) is 0 Å². The third kappa shape index (κ3) is 4.96. The van der Waals surface area contributed by atoms with Gasteiger partial charge in [-0.3, -0.25) is 10.3 Å². The Morgan fingerprint density at radius 1 is 1.35 bits per heavy atom. The minimum absolute atomic E-state index is 0.258. The van der Waals surface area contributed by atoms with Gasteiger partial charge in [-0.25, -0.2) is 0 Å². The predicted octanol–water partition coefficient (Wildman–Crippen LogP) is 2.66. The molecule has 1 aliphatic heterocycles. The smallest absolute Gasteiger partial charge is 0.0707 e. The van der Waals surface area contributed by atoms with Gasteiger partial charge >= 0.3 is 0 Å². The number of nitrogens with zero attached hydrogens (tertiary/aromatic N) is 1. The van der Waals surface area contributed by atoms with Gasteiger partial charge in [0.15, 0.2) is 0 Å². The fraction of sp³-hybridized carbons (Fsp3) is 0.588. The van der Waals surface area contributed by atoms with Crippen LogP contribution >= 0.6 is 0 Å². The molecule has 3 heteroatoms. The minimum atomic E-state index is 0.258. The Morgan fingerprint density at radius 2 is 2.30 bits per heavy atom. The largest absolute Gasteiger partial charge is 0.315 e. The van der Waals surface area contributed by atoms with Crippen molar-refractivity contribution >= 4 is 0 Å². The highest BCUT2D eigenvalue weighted by Gasteiger charge is 2.19. The van der Waals surface area contributed by atoms with E-state index in [4.69, 9.17) is 0 Å². The molecule has 0 aliphatic carbocycles. The van der Waals surface area contributed by atoms with Crippen LogP contribution in [0.4, 0.5) is 0 Å². The van der Waals surface area contributed by atoms with Gasteiger partial charge in [0.1, 0.15) is 0 Å². The summed E-state index contributed by atoms with van der Waals surface area (Å²) in [5.41, 5.74) is 1.10. The number of nitrogens with one attached hydrogen (secondary N) is 2. The monoisotopic (exact) mass is 271 g/mol. The fourth-order valence-corrected chi connectivity index (χ4v) is 2.42. The van der Waals surface area contributed by atoms with Crippen LogP contribution in [-0.2, 0) is 0 Å². The van der Waals surface area contributed by atoms with E-state index in [-0.39, 0.29) is 12.1 Å². The van der Waals surface area contributed by atoms with Crippen LogP contribution in [0.2, 0.25) is 0 Å². The summed E-state index contributed by atoms with van der Waals surface area (Å²) < 4.78 is 0. The maximum atomic E-state index is 4.45. The Morgan fingerprint density at radius 3 is 3.10 bits per heavy atom. The first-order valence-electron chi connectivity index (χ1n) is 7.76. The second-order valence-electron chi connectivity index (χ2n) is 5.30. The summed E-state index contributed by atoms with van der Waals surface area (Å²) in [5.74, 6) is 6.72. The first-order valence-corrected chi connectivity index (χ1v) is 7.76. The predicted molar refractivity (Wildman–Crippen MR) is 83.3 cm³/mol. The number of unbranched alkanes of at least 4 members (excludes halogenated alkanes) is 3. The number of hydrogen-bond donors (Lipinski definition) is 2. The third-order valence-corrected chi connectivity index (χ3v) is 3.59. The summed E-state index contributed by atoms with van der Waals surface area (Å²) in [6, 6.07) is 6.61. The van der Waals surface area contributed by atoms with Crippen LogP contribution in [0.15, 0.2) is 24.4 Å². The van der Waals surface area contributed by atoms with E-state index in [1.165, 1.54) is 19.3 Å². The number of rotatable bonds is 4. The normalized spacial score (nSPS) is 22.6. The highest BCUT2D eigenvalue weighted by atomic mass is 15.0. The van der Waals surface area contributed by atoms with Crippen molar-refractivity contribution in [2.45, 2.75) is 51.1 Å². The molecular formula is C17H25N3. The van der Waals surface area contributed by atoms with Gasteiger partial charge in [0, 0.05) is 19.2 Å². The summed E-state index contributed by atoms with van der Waals surface area (Å²) in [4.78, 5) is 4.45. The van der Waals surface area contributed by atoms with E-state index in [0.29, 0.717) is 0 Å². The van der Waals surface area contributed by atoms with Crippen LogP contribution in [0.3, 0.4) is 0 Å². The van der Waals surface area contributed by atoms with E-state index in [1.54, 1.807) is 0 Å². The standard InChI is InChI=1S/C17H25N3/c1-2-3-4-5-6-9-15-11-13-18-14-17(20-15)16-10-7-8-12-19-16/h7-8,10,12,15,17-18,20H,2-5,11,13-14H2,1H3. The van der Waals surface area contributed by atoms with Crippen molar-refractivity contribution in [2.75, 3.05) is 13.1 Å². The van der Waals surface area contributed by atoms with Crippen LogP contribution in [-0.4, -0.2) is 24.1 Å². The van der Waals surface area contributed by atoms with E-state index in [9.17, 15) is 0 Å². The second kappa shape index (κ2) is 8.73. The maximum absolute atomic E-state index is 4.45. The van der Waals surface area contributed by atoms with E-state index in [1.807, 2.05) is 18.3 Å². The van der Waals surface area contributed by atoms with Crippen molar-refractivity contribution in [1.82, 2.24) is 15.6 Å². The van der Waals surface area contributed by atoms with Crippen molar-refractivity contribution in [3.8, 4) is 11.8 Å². The van der Waals surface area contributed by atoms with Crippen LogP contribution < -0.4 is 10.6 Å². The summed E-state index contributed by atoms with van der Waals surface area (Å²) in [6.45, 7) is 4.17. The Balaban J connectivity index is 1.90. The van der Waals surface area contributed by atoms with Crippen molar-refractivity contribution in [3.05, 3.63) is 30.1 Å². The molecule has 0 radical (unpaired) electrons. The molecule has 2 heterocycles. The number of pyridine rings is 1. The molecule has 1 saturated heterocycles. The van der Waals surface area contributed by atoms with E-state index >= 15 is 0 Å². The quantitative estimate of drug-likeness (QED) is 0.653. The van der Waals surface area contributed by atoms with E-state index in [0.717, 1.165) is 31.6 Å². The third-order valence-electron chi connectivity index (χ3n) is 3.59. The fourth-order valence-electron chi connectivity index (χ4n) is 2.42. The molecule has 2 atom stereocenters. The molecule has 20 heavy (non-hydrogen) atoms. The van der Waals surface area contributed by atoms with E-state index < -0.39 is 0 Å². The molecule has 1 aliphatic rings. The molecule has 0 saturated carbocycles. The first kappa shape index (κ1) is 15.0. The van der Waals surface area contributed by atoms with Gasteiger partial charge in [0.05, 0.1) is 17.8 Å². The highest BCUT2D eigenvalue weighted by molar-refractivity contribution is 5.14. The summed E-state index contributed by atoms with van der Waals surface area (Å²) >= 11 is 0. The molecule has 2 rings (SSSR count). The maximum Gasteiger partial charge on any atom is 0.0707 e.